The summed E-state index contributed by atoms with van der Waals surface area (Å²) in [6.45, 7) is 0. The zero-order chi connectivity index (χ0) is 15.5. The third-order valence-corrected chi connectivity index (χ3v) is 3.56. The first kappa shape index (κ1) is 15.8. The fraction of sp³-hybridized carbons (Fsp3) is 0.188. The van der Waals surface area contributed by atoms with Crippen LogP contribution >= 0.6 is 15.9 Å². The van der Waals surface area contributed by atoms with E-state index in [0.717, 1.165) is 22.2 Å². The molecule has 110 valence electrons. The fourth-order valence-electron chi connectivity index (χ4n) is 1.94. The first-order valence-electron chi connectivity index (χ1n) is 6.31. The third-order valence-electron chi connectivity index (χ3n) is 3.06. The Labute approximate surface area is 128 Å². The van der Waals surface area contributed by atoms with Crippen LogP contribution in [0.3, 0.4) is 0 Å². The van der Waals surface area contributed by atoms with Gasteiger partial charge in [0.1, 0.15) is 0 Å². The molecule has 0 aliphatic carbocycles. The number of carbonyl (C=O) groups excluding carboxylic acids is 1. The number of aryl methyl sites for hydroxylation is 1. The highest BCUT2D eigenvalue weighted by atomic mass is 79.9. The molecule has 1 nitrogen and oxygen atoms in total. The molecule has 0 atom stereocenters. The van der Waals surface area contributed by atoms with E-state index in [2.05, 4.69) is 15.9 Å². The largest absolute Gasteiger partial charge is 0.416 e. The molecule has 0 unspecified atom stereocenters. The Morgan fingerprint density at radius 2 is 1.71 bits per heavy atom. The predicted octanol–water partition coefficient (Wildman–Crippen LogP) is 5.28. The lowest BCUT2D eigenvalue weighted by molar-refractivity contribution is -0.137. The standard InChI is InChI=1S/C16H12BrF3O/c17-14-3-1-2-11(10-14)4-9-15(21)12-5-7-13(8-6-12)16(18,19)20/h1-3,5-8,10H,4,9H2. The van der Waals surface area contributed by atoms with Crippen LogP contribution in [0.5, 0.6) is 0 Å². The van der Waals surface area contributed by atoms with Crippen LogP contribution in [0.25, 0.3) is 0 Å². The Hall–Kier alpha value is -1.62. The number of benzene rings is 2. The summed E-state index contributed by atoms with van der Waals surface area (Å²) in [5.41, 5.74) is 0.564. The van der Waals surface area contributed by atoms with Crippen LogP contribution in [-0.2, 0) is 12.6 Å². The quantitative estimate of drug-likeness (QED) is 0.680. The average molecular weight is 357 g/mol. The fourth-order valence-corrected chi connectivity index (χ4v) is 2.39. The van der Waals surface area contributed by atoms with E-state index in [0.29, 0.717) is 12.0 Å². The van der Waals surface area contributed by atoms with Crippen molar-refractivity contribution in [3.8, 4) is 0 Å². The highest BCUT2D eigenvalue weighted by molar-refractivity contribution is 9.10. The number of halogens is 4. The first-order chi connectivity index (χ1) is 9.86. The molecule has 2 rings (SSSR count). The Morgan fingerprint density at radius 3 is 2.29 bits per heavy atom. The smallest absolute Gasteiger partial charge is 0.294 e. The van der Waals surface area contributed by atoms with Gasteiger partial charge in [0.15, 0.2) is 5.78 Å². The minimum absolute atomic E-state index is 0.163. The molecular formula is C16H12BrF3O. The lowest BCUT2D eigenvalue weighted by Gasteiger charge is -2.07. The Morgan fingerprint density at radius 1 is 1.05 bits per heavy atom. The number of carbonyl (C=O) groups is 1. The molecule has 2 aromatic carbocycles. The molecule has 0 amide bonds. The van der Waals surface area contributed by atoms with Gasteiger partial charge in [0, 0.05) is 16.5 Å². The topological polar surface area (TPSA) is 17.1 Å². The highest BCUT2D eigenvalue weighted by Gasteiger charge is 2.30. The van der Waals surface area contributed by atoms with E-state index in [-0.39, 0.29) is 12.2 Å². The zero-order valence-electron chi connectivity index (χ0n) is 11.0. The molecule has 2 aromatic rings. The lowest BCUT2D eigenvalue weighted by Crippen LogP contribution is -2.06. The Kier molecular flexibility index (Phi) is 4.83. The van der Waals surface area contributed by atoms with Crippen LogP contribution in [0.4, 0.5) is 13.2 Å². The molecule has 0 bridgehead atoms. The average Bonchev–Trinajstić information content (AvgIpc) is 2.44. The predicted molar refractivity (Wildman–Crippen MR) is 78.2 cm³/mol. The summed E-state index contributed by atoms with van der Waals surface area (Å²) < 4.78 is 38.2. The van der Waals surface area contributed by atoms with Gasteiger partial charge in [0.25, 0.3) is 0 Å². The van der Waals surface area contributed by atoms with Gasteiger partial charge in [-0.2, -0.15) is 13.2 Å². The van der Waals surface area contributed by atoms with E-state index in [4.69, 9.17) is 0 Å². The number of Topliss-reactive ketones (excluding diaryl/α,β-unsaturated/α-hetero) is 1. The molecule has 0 aliphatic heterocycles. The maximum atomic E-state index is 12.4. The number of rotatable bonds is 4. The van der Waals surface area contributed by atoms with Crippen molar-refractivity contribution in [1.82, 2.24) is 0 Å². The Bertz CT molecular complexity index is 633. The summed E-state index contributed by atoms with van der Waals surface area (Å²) in [5, 5.41) is 0. The summed E-state index contributed by atoms with van der Waals surface area (Å²) in [6, 6.07) is 11.9. The summed E-state index contributed by atoms with van der Waals surface area (Å²) in [6.07, 6.45) is -3.56. The van der Waals surface area contributed by atoms with Crippen LogP contribution < -0.4 is 0 Å². The molecule has 0 saturated heterocycles. The minimum atomic E-state index is -4.38. The van der Waals surface area contributed by atoms with Crippen LogP contribution in [-0.4, -0.2) is 5.78 Å². The van der Waals surface area contributed by atoms with Gasteiger partial charge < -0.3 is 0 Å². The summed E-state index contributed by atoms with van der Waals surface area (Å²) in [7, 11) is 0. The highest BCUT2D eigenvalue weighted by Crippen LogP contribution is 2.29. The molecule has 0 heterocycles. The van der Waals surface area contributed by atoms with Crippen molar-refractivity contribution < 1.29 is 18.0 Å². The molecule has 21 heavy (non-hydrogen) atoms. The van der Waals surface area contributed by atoms with Crippen LogP contribution in [0.1, 0.15) is 27.9 Å². The van der Waals surface area contributed by atoms with Crippen molar-refractivity contribution in [3.05, 3.63) is 69.7 Å². The molecule has 0 aliphatic rings. The van der Waals surface area contributed by atoms with Crippen molar-refractivity contribution in [2.75, 3.05) is 0 Å². The minimum Gasteiger partial charge on any atom is -0.294 e. The Balaban J connectivity index is 2.00. The van der Waals surface area contributed by atoms with Gasteiger partial charge in [-0.1, -0.05) is 40.2 Å². The maximum Gasteiger partial charge on any atom is 0.416 e. The molecule has 0 radical (unpaired) electrons. The van der Waals surface area contributed by atoms with Gasteiger partial charge in [-0.25, -0.2) is 0 Å². The van der Waals surface area contributed by atoms with Crippen molar-refractivity contribution >= 4 is 21.7 Å². The molecule has 0 spiro atoms. The van der Waals surface area contributed by atoms with Crippen LogP contribution in [0.2, 0.25) is 0 Å². The van der Waals surface area contributed by atoms with Crippen LogP contribution in [0, 0.1) is 0 Å². The normalized spacial score (nSPS) is 11.4. The van der Waals surface area contributed by atoms with Gasteiger partial charge in [0.05, 0.1) is 5.56 Å². The maximum absolute atomic E-state index is 12.4. The van der Waals surface area contributed by atoms with E-state index in [1.807, 2.05) is 24.3 Å². The van der Waals surface area contributed by atoms with Gasteiger partial charge >= 0.3 is 6.18 Å². The van der Waals surface area contributed by atoms with Crippen molar-refractivity contribution in [1.29, 1.82) is 0 Å². The van der Waals surface area contributed by atoms with E-state index in [1.165, 1.54) is 12.1 Å². The third kappa shape index (κ3) is 4.43. The molecule has 0 N–H and O–H groups in total. The van der Waals surface area contributed by atoms with E-state index < -0.39 is 11.7 Å². The first-order valence-corrected chi connectivity index (χ1v) is 7.10. The van der Waals surface area contributed by atoms with Crippen molar-refractivity contribution in [2.45, 2.75) is 19.0 Å². The van der Waals surface area contributed by atoms with Crippen LogP contribution in [0.15, 0.2) is 53.0 Å². The number of ketones is 1. The summed E-state index contributed by atoms with van der Waals surface area (Å²) >= 11 is 3.35. The summed E-state index contributed by atoms with van der Waals surface area (Å²) in [5.74, 6) is -0.163. The molecule has 0 saturated carbocycles. The number of hydrogen-bond donors (Lipinski definition) is 0. The van der Waals surface area contributed by atoms with E-state index in [9.17, 15) is 18.0 Å². The number of hydrogen-bond acceptors (Lipinski definition) is 1. The van der Waals surface area contributed by atoms with Gasteiger partial charge in [-0.3, -0.25) is 4.79 Å². The SMILES string of the molecule is O=C(CCc1cccc(Br)c1)c1ccc(C(F)(F)F)cc1. The second-order valence-corrected chi connectivity index (χ2v) is 5.54. The summed E-state index contributed by atoms with van der Waals surface area (Å²) in [4.78, 5) is 12.0. The van der Waals surface area contributed by atoms with Gasteiger partial charge in [-0.15, -0.1) is 0 Å². The second-order valence-electron chi connectivity index (χ2n) is 4.63. The zero-order valence-corrected chi connectivity index (χ0v) is 12.5. The monoisotopic (exact) mass is 356 g/mol. The molecule has 5 heteroatoms. The van der Waals surface area contributed by atoms with Gasteiger partial charge in [-0.05, 0) is 36.2 Å². The lowest BCUT2D eigenvalue weighted by atomic mass is 10.0. The number of alkyl halides is 3. The second kappa shape index (κ2) is 6.43. The molecule has 0 fully saturated rings. The molecular weight excluding hydrogens is 345 g/mol. The van der Waals surface area contributed by atoms with Crippen molar-refractivity contribution in [2.24, 2.45) is 0 Å². The van der Waals surface area contributed by atoms with Gasteiger partial charge in [0.2, 0.25) is 0 Å². The van der Waals surface area contributed by atoms with Crippen molar-refractivity contribution in [3.63, 3.8) is 0 Å². The molecule has 0 aromatic heterocycles. The van der Waals surface area contributed by atoms with E-state index >= 15 is 0 Å². The van der Waals surface area contributed by atoms with E-state index in [1.54, 1.807) is 0 Å².